The molecule has 2 aromatic heterocycles. The molecule has 2 heterocycles. The van der Waals surface area contributed by atoms with Gasteiger partial charge in [-0.25, -0.2) is 9.37 Å². The Morgan fingerprint density at radius 1 is 1.21 bits per heavy atom. The van der Waals surface area contributed by atoms with Crippen LogP contribution in [0.25, 0.3) is 0 Å². The average Bonchev–Trinajstić information content (AvgIpc) is 2.33. The third kappa shape index (κ3) is 2.87. The van der Waals surface area contributed by atoms with Crippen LogP contribution in [0.4, 0.5) is 10.1 Å². The van der Waals surface area contributed by atoms with E-state index in [-0.39, 0.29) is 0 Å². The van der Waals surface area contributed by atoms with Crippen LogP contribution < -0.4 is 4.72 Å². The van der Waals surface area contributed by atoms with Gasteiger partial charge in [-0.1, -0.05) is 0 Å². The maximum absolute atomic E-state index is 13.5. The van der Waals surface area contributed by atoms with E-state index in [1.54, 1.807) is 26.0 Å². The Kier molecular flexibility index (Phi) is 3.48. The van der Waals surface area contributed by atoms with E-state index in [2.05, 4.69) is 14.7 Å². The van der Waals surface area contributed by atoms with E-state index >= 15 is 0 Å². The fourth-order valence-corrected chi connectivity index (χ4v) is 2.68. The molecule has 0 aliphatic rings. The monoisotopic (exact) mass is 281 g/mol. The number of nitrogens with one attached hydrogen (secondary N) is 1. The lowest BCUT2D eigenvalue weighted by Crippen LogP contribution is -2.17. The van der Waals surface area contributed by atoms with E-state index in [4.69, 9.17) is 0 Å². The van der Waals surface area contributed by atoms with Crippen molar-refractivity contribution in [2.24, 2.45) is 0 Å². The zero-order chi connectivity index (χ0) is 14.0. The molecule has 0 bridgehead atoms. The van der Waals surface area contributed by atoms with Gasteiger partial charge in [-0.3, -0.25) is 9.71 Å². The van der Waals surface area contributed by atoms with Crippen molar-refractivity contribution in [3.63, 3.8) is 0 Å². The molecule has 0 aliphatic carbocycles. The number of aromatic nitrogens is 2. The van der Waals surface area contributed by atoms with Gasteiger partial charge in [-0.2, -0.15) is 8.42 Å². The van der Waals surface area contributed by atoms with Crippen molar-refractivity contribution in [2.45, 2.75) is 18.9 Å². The lowest BCUT2D eigenvalue weighted by molar-refractivity contribution is 0.556. The first-order valence-electron chi connectivity index (χ1n) is 5.48. The molecular formula is C12H12FN3O2S. The summed E-state index contributed by atoms with van der Waals surface area (Å²) in [4.78, 5) is 7.68. The highest BCUT2D eigenvalue weighted by Crippen LogP contribution is 2.19. The lowest BCUT2D eigenvalue weighted by atomic mass is 10.3. The fraction of sp³-hybridized carbons (Fsp3) is 0.167. The number of anilines is 1. The van der Waals surface area contributed by atoms with Crippen LogP contribution in [0.3, 0.4) is 0 Å². The van der Waals surface area contributed by atoms with Gasteiger partial charge in [0.05, 0.1) is 11.4 Å². The molecule has 0 fully saturated rings. The molecule has 2 rings (SSSR count). The Morgan fingerprint density at radius 3 is 2.58 bits per heavy atom. The highest BCUT2D eigenvalue weighted by Gasteiger charge is 2.21. The third-order valence-corrected chi connectivity index (χ3v) is 3.75. The molecule has 0 radical (unpaired) electrons. The number of pyridine rings is 2. The van der Waals surface area contributed by atoms with Gasteiger partial charge in [0.1, 0.15) is 0 Å². The quantitative estimate of drug-likeness (QED) is 0.934. The largest absolute Gasteiger partial charge is 0.282 e. The highest BCUT2D eigenvalue weighted by atomic mass is 32.2. The number of hydrogen-bond acceptors (Lipinski definition) is 4. The first kappa shape index (κ1) is 13.4. The zero-order valence-electron chi connectivity index (χ0n) is 10.4. The molecule has 0 saturated heterocycles. The second-order valence-electron chi connectivity index (χ2n) is 3.98. The van der Waals surface area contributed by atoms with Crippen molar-refractivity contribution in [1.29, 1.82) is 0 Å². The maximum atomic E-state index is 13.5. The number of rotatable bonds is 3. The van der Waals surface area contributed by atoms with E-state index in [1.165, 1.54) is 12.3 Å². The topological polar surface area (TPSA) is 72.0 Å². The zero-order valence-corrected chi connectivity index (χ0v) is 11.2. The standard InChI is InChI=1S/C12H12FN3O2S/c1-8-5-6-11(9(2)15-8)16-19(17,18)12-10(13)4-3-7-14-12/h3-7,16H,1-2H3. The van der Waals surface area contributed by atoms with Crippen molar-refractivity contribution >= 4 is 15.7 Å². The van der Waals surface area contributed by atoms with Crippen molar-refractivity contribution in [2.75, 3.05) is 4.72 Å². The van der Waals surface area contributed by atoms with Crippen molar-refractivity contribution in [1.82, 2.24) is 9.97 Å². The Hall–Kier alpha value is -2.02. The molecule has 0 aromatic carbocycles. The smallest absolute Gasteiger partial charge is 0.276 e. The van der Waals surface area contributed by atoms with Gasteiger partial charge in [-0.05, 0) is 38.1 Å². The van der Waals surface area contributed by atoms with Crippen LogP contribution in [0.2, 0.25) is 0 Å². The number of halogens is 1. The van der Waals surface area contributed by atoms with Crippen LogP contribution in [-0.4, -0.2) is 18.4 Å². The Balaban J connectivity index is 2.40. The Morgan fingerprint density at radius 2 is 1.95 bits per heavy atom. The molecule has 0 unspecified atom stereocenters. The summed E-state index contributed by atoms with van der Waals surface area (Å²) < 4.78 is 39.8. The predicted octanol–water partition coefficient (Wildman–Crippen LogP) is 2.03. The van der Waals surface area contributed by atoms with Gasteiger partial charge in [-0.15, -0.1) is 0 Å². The van der Waals surface area contributed by atoms with Gasteiger partial charge in [0.15, 0.2) is 5.82 Å². The number of sulfonamides is 1. The van der Waals surface area contributed by atoms with Crippen molar-refractivity contribution in [3.8, 4) is 0 Å². The van der Waals surface area contributed by atoms with Gasteiger partial charge >= 0.3 is 0 Å². The number of nitrogens with zero attached hydrogens (tertiary/aromatic N) is 2. The van der Waals surface area contributed by atoms with E-state index in [1.807, 2.05) is 0 Å². The van der Waals surface area contributed by atoms with Crippen LogP contribution in [0, 0.1) is 19.7 Å². The van der Waals surface area contributed by atoms with Gasteiger partial charge in [0, 0.05) is 11.9 Å². The molecule has 0 aliphatic heterocycles. The minimum Gasteiger partial charge on any atom is -0.276 e. The van der Waals surface area contributed by atoms with E-state index < -0.39 is 20.9 Å². The molecule has 0 saturated carbocycles. The fourth-order valence-electron chi connectivity index (χ4n) is 1.56. The summed E-state index contributed by atoms with van der Waals surface area (Å²) >= 11 is 0. The van der Waals surface area contributed by atoms with E-state index in [9.17, 15) is 12.8 Å². The first-order chi connectivity index (χ1) is 8.90. The molecule has 0 amide bonds. The van der Waals surface area contributed by atoms with Crippen LogP contribution >= 0.6 is 0 Å². The van der Waals surface area contributed by atoms with Crippen LogP contribution in [-0.2, 0) is 10.0 Å². The molecular weight excluding hydrogens is 269 g/mol. The second kappa shape index (κ2) is 4.93. The first-order valence-corrected chi connectivity index (χ1v) is 6.96. The molecule has 5 nitrogen and oxygen atoms in total. The Bertz CT molecular complexity index is 717. The van der Waals surface area contributed by atoms with Crippen LogP contribution in [0.1, 0.15) is 11.4 Å². The SMILES string of the molecule is Cc1ccc(NS(=O)(=O)c2ncccc2F)c(C)n1. The molecule has 1 N–H and O–H groups in total. The lowest BCUT2D eigenvalue weighted by Gasteiger charge is -2.10. The van der Waals surface area contributed by atoms with Crippen molar-refractivity contribution < 1.29 is 12.8 Å². The molecule has 7 heteroatoms. The maximum Gasteiger partial charge on any atom is 0.282 e. The molecule has 2 aromatic rings. The van der Waals surface area contributed by atoms with Gasteiger partial charge in [0.2, 0.25) is 5.03 Å². The summed E-state index contributed by atoms with van der Waals surface area (Å²) in [5.74, 6) is -0.896. The minimum absolute atomic E-state index is 0.302. The van der Waals surface area contributed by atoms with Crippen molar-refractivity contribution in [3.05, 3.63) is 47.7 Å². The normalized spacial score (nSPS) is 11.3. The summed E-state index contributed by atoms with van der Waals surface area (Å²) in [6, 6.07) is 5.62. The summed E-state index contributed by atoms with van der Waals surface area (Å²) in [6.07, 6.45) is 1.22. The van der Waals surface area contributed by atoms with Gasteiger partial charge < -0.3 is 0 Å². The summed E-state index contributed by atoms with van der Waals surface area (Å²) in [5.41, 5.74) is 1.58. The number of aryl methyl sites for hydroxylation is 2. The average molecular weight is 281 g/mol. The predicted molar refractivity (Wildman–Crippen MR) is 68.7 cm³/mol. The molecule has 19 heavy (non-hydrogen) atoms. The minimum atomic E-state index is -4.06. The Labute approximate surface area is 110 Å². The molecule has 100 valence electrons. The van der Waals surface area contributed by atoms with Crippen LogP contribution in [0.5, 0.6) is 0 Å². The molecule has 0 spiro atoms. The van der Waals surface area contributed by atoms with E-state index in [0.29, 0.717) is 11.4 Å². The summed E-state index contributed by atoms with van der Waals surface area (Å²) in [5, 5.41) is -0.630. The third-order valence-electron chi connectivity index (χ3n) is 2.45. The van der Waals surface area contributed by atoms with Crippen LogP contribution in [0.15, 0.2) is 35.5 Å². The van der Waals surface area contributed by atoms with E-state index in [0.717, 1.165) is 11.8 Å². The molecule has 0 atom stereocenters. The summed E-state index contributed by atoms with van der Waals surface area (Å²) in [7, 11) is -4.06. The summed E-state index contributed by atoms with van der Waals surface area (Å²) in [6.45, 7) is 3.46. The number of hydrogen-bond donors (Lipinski definition) is 1. The van der Waals surface area contributed by atoms with Gasteiger partial charge in [0.25, 0.3) is 10.0 Å². The highest BCUT2D eigenvalue weighted by molar-refractivity contribution is 7.92. The second-order valence-corrected chi connectivity index (χ2v) is 5.58.